The number of fused-ring (bicyclic) bond motifs is 1. The molecule has 0 radical (unpaired) electrons. The largest absolute Gasteiger partial charge is 0.490 e. The van der Waals surface area contributed by atoms with Crippen LogP contribution in [0.4, 0.5) is 0 Å². The van der Waals surface area contributed by atoms with Gasteiger partial charge in [-0.1, -0.05) is 23.7 Å². The van der Waals surface area contributed by atoms with E-state index in [1.54, 1.807) is 24.3 Å². The molecule has 144 valence electrons. The van der Waals surface area contributed by atoms with E-state index in [2.05, 4.69) is 5.43 Å². The molecule has 3 rings (SSSR count). The van der Waals surface area contributed by atoms with Gasteiger partial charge in [0.05, 0.1) is 23.1 Å². The molecule has 2 aromatic rings. The molecule has 0 fully saturated rings. The van der Waals surface area contributed by atoms with Crippen LogP contribution in [0.3, 0.4) is 0 Å². The van der Waals surface area contributed by atoms with Crippen molar-refractivity contribution >= 4 is 27.5 Å². The Morgan fingerprint density at radius 3 is 2.63 bits per heavy atom. The lowest BCUT2D eigenvalue weighted by molar-refractivity contribution is -0.123. The summed E-state index contributed by atoms with van der Waals surface area (Å²) in [5.41, 5.74) is 2.09. The highest BCUT2D eigenvalue weighted by atomic mass is 35.5. The quantitative estimate of drug-likeness (QED) is 0.702. The summed E-state index contributed by atoms with van der Waals surface area (Å²) in [6.45, 7) is 0.520. The van der Waals surface area contributed by atoms with Crippen LogP contribution in [0.25, 0.3) is 0 Å². The normalized spacial score (nSPS) is 13.5. The highest BCUT2D eigenvalue weighted by Crippen LogP contribution is 2.31. The van der Waals surface area contributed by atoms with Crippen molar-refractivity contribution < 1.29 is 27.4 Å². The number of halogens is 1. The number of benzene rings is 2. The Bertz CT molecular complexity index is 935. The third-order valence-corrected chi connectivity index (χ3v) is 5.11. The molecule has 1 aliphatic heterocycles. The van der Waals surface area contributed by atoms with Crippen LogP contribution >= 0.6 is 11.6 Å². The summed E-state index contributed by atoms with van der Waals surface area (Å²) >= 11 is 5.92. The van der Waals surface area contributed by atoms with E-state index in [-0.39, 0.29) is 4.90 Å². The zero-order valence-electron chi connectivity index (χ0n) is 14.1. The number of carbonyl (C=O) groups excluding carboxylic acids is 1. The first kappa shape index (κ1) is 19.3. The molecule has 0 spiro atoms. The minimum atomic E-state index is -3.99. The highest BCUT2D eigenvalue weighted by Gasteiger charge is 2.19. The monoisotopic (exact) mass is 412 g/mol. The van der Waals surface area contributed by atoms with E-state index in [9.17, 15) is 13.2 Å². The van der Waals surface area contributed by atoms with Gasteiger partial charge < -0.3 is 14.2 Å². The zero-order valence-corrected chi connectivity index (χ0v) is 15.7. The third kappa shape index (κ3) is 5.03. The lowest BCUT2D eigenvalue weighted by Crippen LogP contribution is -2.43. The van der Waals surface area contributed by atoms with Gasteiger partial charge in [-0.05, 0) is 24.3 Å². The Morgan fingerprint density at radius 2 is 1.85 bits per heavy atom. The summed E-state index contributed by atoms with van der Waals surface area (Å²) in [7, 11) is -3.99. The van der Waals surface area contributed by atoms with Crippen molar-refractivity contribution in [3.63, 3.8) is 0 Å². The summed E-state index contributed by atoms with van der Waals surface area (Å²) in [6, 6.07) is 10.8. The van der Waals surface area contributed by atoms with E-state index >= 15 is 0 Å². The number of nitrogens with one attached hydrogen (secondary N) is 2. The SMILES string of the molecule is O=C(COc1ccccc1Cl)NNS(=O)(=O)c1ccc2c(c1)OCCCO2. The molecule has 0 bridgehead atoms. The second kappa shape index (κ2) is 8.47. The predicted molar refractivity (Wildman–Crippen MR) is 97.5 cm³/mol. The van der Waals surface area contributed by atoms with Crippen molar-refractivity contribution in [3.8, 4) is 17.2 Å². The van der Waals surface area contributed by atoms with E-state index < -0.39 is 22.5 Å². The Labute approximate surface area is 161 Å². The van der Waals surface area contributed by atoms with Crippen molar-refractivity contribution in [2.45, 2.75) is 11.3 Å². The summed E-state index contributed by atoms with van der Waals surface area (Å²) in [4.78, 5) is 13.8. The molecule has 0 saturated carbocycles. The molecule has 1 amide bonds. The second-order valence-corrected chi connectivity index (χ2v) is 7.62. The number of amides is 1. The Morgan fingerprint density at radius 1 is 1.11 bits per heavy atom. The van der Waals surface area contributed by atoms with E-state index in [1.807, 2.05) is 4.83 Å². The van der Waals surface area contributed by atoms with Gasteiger partial charge in [-0.25, -0.2) is 8.42 Å². The molecule has 0 aliphatic carbocycles. The molecule has 0 aromatic heterocycles. The molecule has 2 N–H and O–H groups in total. The van der Waals surface area contributed by atoms with Crippen molar-refractivity contribution in [2.24, 2.45) is 0 Å². The number of sulfonamides is 1. The number of hydrogen-bond donors (Lipinski definition) is 2. The van der Waals surface area contributed by atoms with E-state index in [0.29, 0.717) is 41.9 Å². The fraction of sp³-hybridized carbons (Fsp3) is 0.235. The molecular formula is C17H17ClN2O6S. The maximum Gasteiger partial charge on any atom is 0.272 e. The number of carbonyl (C=O) groups is 1. The minimum Gasteiger partial charge on any atom is -0.490 e. The first-order valence-corrected chi connectivity index (χ1v) is 9.89. The van der Waals surface area contributed by atoms with E-state index in [0.717, 1.165) is 0 Å². The van der Waals surface area contributed by atoms with Gasteiger partial charge in [0.25, 0.3) is 15.9 Å². The summed E-state index contributed by atoms with van der Waals surface area (Å²) < 4.78 is 40.9. The molecule has 1 heterocycles. The lowest BCUT2D eigenvalue weighted by atomic mass is 10.3. The maximum atomic E-state index is 12.4. The lowest BCUT2D eigenvalue weighted by Gasteiger charge is -2.12. The van der Waals surface area contributed by atoms with Crippen LogP contribution < -0.4 is 24.5 Å². The van der Waals surface area contributed by atoms with Crippen LogP contribution in [0.15, 0.2) is 47.4 Å². The number of rotatable bonds is 6. The molecule has 0 unspecified atom stereocenters. The van der Waals surface area contributed by atoms with Crippen LogP contribution in [0.2, 0.25) is 5.02 Å². The van der Waals surface area contributed by atoms with Crippen LogP contribution in [0.1, 0.15) is 6.42 Å². The van der Waals surface area contributed by atoms with E-state index in [4.69, 9.17) is 25.8 Å². The van der Waals surface area contributed by atoms with Crippen LogP contribution in [-0.2, 0) is 14.8 Å². The molecule has 27 heavy (non-hydrogen) atoms. The van der Waals surface area contributed by atoms with E-state index in [1.165, 1.54) is 18.2 Å². The Hall–Kier alpha value is -2.49. The first-order valence-electron chi connectivity index (χ1n) is 8.03. The highest BCUT2D eigenvalue weighted by molar-refractivity contribution is 7.89. The average Bonchev–Trinajstić information content (AvgIpc) is 2.90. The van der Waals surface area contributed by atoms with Crippen molar-refractivity contribution in [3.05, 3.63) is 47.5 Å². The fourth-order valence-corrected chi connectivity index (χ4v) is 3.30. The van der Waals surface area contributed by atoms with Gasteiger partial charge in [0, 0.05) is 12.5 Å². The van der Waals surface area contributed by atoms with Gasteiger partial charge in [-0.3, -0.25) is 10.2 Å². The van der Waals surface area contributed by atoms with Gasteiger partial charge in [-0.15, -0.1) is 4.83 Å². The number of hydrogen-bond acceptors (Lipinski definition) is 6. The molecular weight excluding hydrogens is 396 g/mol. The van der Waals surface area contributed by atoms with Crippen LogP contribution in [-0.4, -0.2) is 34.1 Å². The topological polar surface area (TPSA) is 103 Å². The number of ether oxygens (including phenoxy) is 3. The van der Waals surface area contributed by atoms with Gasteiger partial charge in [0.15, 0.2) is 18.1 Å². The zero-order chi connectivity index (χ0) is 19.3. The molecule has 0 saturated heterocycles. The summed E-state index contributed by atoms with van der Waals surface area (Å²) in [5.74, 6) is 0.445. The van der Waals surface area contributed by atoms with Crippen LogP contribution in [0, 0.1) is 0 Å². The van der Waals surface area contributed by atoms with Crippen LogP contribution in [0.5, 0.6) is 17.2 Å². The first-order chi connectivity index (χ1) is 13.0. The predicted octanol–water partition coefficient (Wildman–Crippen LogP) is 1.89. The Kier molecular flexibility index (Phi) is 6.04. The second-order valence-electron chi connectivity index (χ2n) is 5.53. The average molecular weight is 413 g/mol. The smallest absolute Gasteiger partial charge is 0.272 e. The molecule has 1 aliphatic rings. The summed E-state index contributed by atoms with van der Waals surface area (Å²) in [6.07, 6.45) is 0.705. The van der Waals surface area contributed by atoms with Gasteiger partial charge >= 0.3 is 0 Å². The minimum absolute atomic E-state index is 0.0703. The number of para-hydroxylation sites is 1. The fourth-order valence-electron chi connectivity index (χ4n) is 2.23. The van der Waals surface area contributed by atoms with Crippen molar-refractivity contribution in [1.29, 1.82) is 0 Å². The van der Waals surface area contributed by atoms with Crippen molar-refractivity contribution in [1.82, 2.24) is 10.3 Å². The standard InChI is InChI=1S/C17H17ClN2O6S/c18-13-4-1-2-5-14(13)26-11-17(21)19-20-27(22,23)12-6-7-15-16(10-12)25-9-3-8-24-15/h1-2,4-7,10,20H,3,8-9,11H2,(H,19,21). The molecule has 0 atom stereocenters. The maximum absolute atomic E-state index is 12.4. The molecule has 10 heteroatoms. The third-order valence-electron chi connectivity index (χ3n) is 3.55. The number of hydrazine groups is 1. The summed E-state index contributed by atoms with van der Waals surface area (Å²) in [5, 5.41) is 0.345. The van der Waals surface area contributed by atoms with Crippen molar-refractivity contribution in [2.75, 3.05) is 19.8 Å². The Balaban J connectivity index is 1.59. The van der Waals surface area contributed by atoms with Gasteiger partial charge in [0.2, 0.25) is 0 Å². The van der Waals surface area contributed by atoms with Gasteiger partial charge in [0.1, 0.15) is 5.75 Å². The molecule has 8 nitrogen and oxygen atoms in total. The van der Waals surface area contributed by atoms with Gasteiger partial charge in [-0.2, -0.15) is 0 Å². The molecule has 2 aromatic carbocycles.